The van der Waals surface area contributed by atoms with Crippen molar-refractivity contribution in [2.24, 2.45) is 5.41 Å². The summed E-state index contributed by atoms with van der Waals surface area (Å²) in [4.78, 5) is 0. The maximum Gasteiger partial charge on any atom is 0.126 e. The van der Waals surface area contributed by atoms with E-state index in [0.29, 0.717) is 11.8 Å². The van der Waals surface area contributed by atoms with Gasteiger partial charge in [-0.1, -0.05) is 59.7 Å². The van der Waals surface area contributed by atoms with Gasteiger partial charge in [-0.3, -0.25) is 0 Å². The molecule has 0 saturated heterocycles. The minimum absolute atomic E-state index is 0.0555. The molecule has 0 spiro atoms. The third kappa shape index (κ3) is 2.70. The summed E-state index contributed by atoms with van der Waals surface area (Å²) in [5.41, 5.74) is 2.68. The Bertz CT molecular complexity index is 450. The zero-order valence-electron chi connectivity index (χ0n) is 13.5. The highest BCUT2D eigenvalue weighted by Gasteiger charge is 2.49. The van der Waals surface area contributed by atoms with E-state index in [9.17, 15) is 0 Å². The molecule has 1 aliphatic rings. The smallest absolute Gasteiger partial charge is 0.126 e. The number of hydrogen-bond donors (Lipinski definition) is 0. The van der Waals surface area contributed by atoms with Crippen LogP contribution in [0.15, 0.2) is 18.2 Å². The third-order valence-corrected chi connectivity index (χ3v) is 5.38. The zero-order valence-corrected chi connectivity index (χ0v) is 14.3. The van der Waals surface area contributed by atoms with Crippen molar-refractivity contribution in [1.82, 2.24) is 0 Å². The predicted octanol–water partition coefficient (Wildman–Crippen LogP) is 5.72. The molecule has 1 saturated carbocycles. The van der Waals surface area contributed by atoms with Crippen LogP contribution in [0.4, 0.5) is 0 Å². The van der Waals surface area contributed by atoms with Crippen LogP contribution in [-0.4, -0.2) is 11.5 Å². The lowest BCUT2D eigenvalue weighted by molar-refractivity contribution is -0.0144. The van der Waals surface area contributed by atoms with Crippen molar-refractivity contribution in [3.05, 3.63) is 29.3 Å². The molecule has 2 rings (SSSR count). The molecule has 1 aliphatic carbocycles. The minimum atomic E-state index is 0.0555. The summed E-state index contributed by atoms with van der Waals surface area (Å²) < 4.78 is 6.44. The van der Waals surface area contributed by atoms with Crippen LogP contribution in [0.3, 0.4) is 0 Å². The topological polar surface area (TPSA) is 9.23 Å². The van der Waals surface area contributed by atoms with Gasteiger partial charge in [-0.15, -0.1) is 11.6 Å². The first-order valence-electron chi connectivity index (χ1n) is 7.68. The van der Waals surface area contributed by atoms with Gasteiger partial charge in [0.1, 0.15) is 11.9 Å². The first-order valence-corrected chi connectivity index (χ1v) is 8.12. The summed E-state index contributed by atoms with van der Waals surface area (Å²) in [5.74, 6) is 2.04. The molecule has 0 aliphatic heterocycles. The van der Waals surface area contributed by atoms with E-state index >= 15 is 0 Å². The summed E-state index contributed by atoms with van der Waals surface area (Å²) in [5, 5.41) is 0.223. The van der Waals surface area contributed by atoms with E-state index in [1.807, 2.05) is 0 Å². The fourth-order valence-electron chi connectivity index (χ4n) is 2.80. The molecule has 2 unspecified atom stereocenters. The summed E-state index contributed by atoms with van der Waals surface area (Å²) in [6, 6.07) is 6.53. The summed E-state index contributed by atoms with van der Waals surface area (Å²) in [7, 11) is 0. The van der Waals surface area contributed by atoms with E-state index in [-0.39, 0.29) is 16.9 Å². The Balaban J connectivity index is 2.34. The molecule has 112 valence electrons. The highest BCUT2D eigenvalue weighted by molar-refractivity contribution is 6.21. The molecule has 1 fully saturated rings. The standard InChI is InChI=1S/C18H27ClO/c1-11(2)13-8-7-9-14(12(3)4)17(13)20-16-10-15(19)18(16,5)6/h7-9,11-12,15-16H,10H2,1-6H3. The van der Waals surface area contributed by atoms with E-state index in [0.717, 1.165) is 12.2 Å². The number of benzene rings is 1. The highest BCUT2D eigenvalue weighted by atomic mass is 35.5. The molecular weight excluding hydrogens is 268 g/mol. The van der Waals surface area contributed by atoms with E-state index < -0.39 is 0 Å². The molecule has 0 N–H and O–H groups in total. The lowest BCUT2D eigenvalue weighted by Gasteiger charge is -2.48. The van der Waals surface area contributed by atoms with Crippen LogP contribution in [0.25, 0.3) is 0 Å². The van der Waals surface area contributed by atoms with Crippen LogP contribution in [0.1, 0.15) is 70.9 Å². The lowest BCUT2D eigenvalue weighted by atomic mass is 9.68. The van der Waals surface area contributed by atoms with Gasteiger partial charge in [0.2, 0.25) is 0 Å². The summed E-state index contributed by atoms with van der Waals surface area (Å²) in [6.45, 7) is 13.3. The molecule has 1 aromatic rings. The number of hydrogen-bond acceptors (Lipinski definition) is 1. The molecule has 0 heterocycles. The number of ether oxygens (including phenoxy) is 1. The first kappa shape index (κ1) is 15.7. The van der Waals surface area contributed by atoms with Crippen LogP contribution in [-0.2, 0) is 0 Å². The fourth-order valence-corrected chi connectivity index (χ4v) is 3.10. The molecule has 2 heteroatoms. The number of alkyl halides is 1. The molecule has 2 atom stereocenters. The summed E-state index contributed by atoms with van der Waals surface area (Å²) >= 11 is 6.33. The Hall–Kier alpha value is -0.690. The van der Waals surface area contributed by atoms with Crippen molar-refractivity contribution in [2.45, 2.75) is 71.3 Å². The quantitative estimate of drug-likeness (QED) is 0.646. The Labute approximate surface area is 128 Å². The van der Waals surface area contributed by atoms with Crippen LogP contribution >= 0.6 is 11.6 Å². The first-order chi connectivity index (χ1) is 9.25. The Morgan fingerprint density at radius 2 is 1.60 bits per heavy atom. The van der Waals surface area contributed by atoms with Gasteiger partial charge in [-0.05, 0) is 23.0 Å². The number of halogens is 1. The molecule has 20 heavy (non-hydrogen) atoms. The van der Waals surface area contributed by atoms with E-state index in [4.69, 9.17) is 16.3 Å². The molecule has 0 aromatic heterocycles. The van der Waals surface area contributed by atoms with Gasteiger partial charge in [0.15, 0.2) is 0 Å². The average molecular weight is 295 g/mol. The van der Waals surface area contributed by atoms with Crippen molar-refractivity contribution < 1.29 is 4.74 Å². The van der Waals surface area contributed by atoms with Gasteiger partial charge in [-0.25, -0.2) is 0 Å². The molecule has 1 nitrogen and oxygen atoms in total. The van der Waals surface area contributed by atoms with Gasteiger partial charge in [0, 0.05) is 17.2 Å². The van der Waals surface area contributed by atoms with Gasteiger partial charge in [-0.2, -0.15) is 0 Å². The number of para-hydroxylation sites is 1. The van der Waals surface area contributed by atoms with Gasteiger partial charge in [0.05, 0.1) is 0 Å². The van der Waals surface area contributed by atoms with Crippen molar-refractivity contribution in [3.8, 4) is 5.75 Å². The maximum absolute atomic E-state index is 6.44. The lowest BCUT2D eigenvalue weighted by Crippen LogP contribution is -2.53. The zero-order chi connectivity index (χ0) is 15.1. The minimum Gasteiger partial charge on any atom is -0.489 e. The van der Waals surface area contributed by atoms with E-state index in [2.05, 4.69) is 59.7 Å². The van der Waals surface area contributed by atoms with Crippen LogP contribution in [0.5, 0.6) is 5.75 Å². The van der Waals surface area contributed by atoms with Crippen molar-refractivity contribution in [2.75, 3.05) is 0 Å². The van der Waals surface area contributed by atoms with Crippen molar-refractivity contribution in [1.29, 1.82) is 0 Å². The van der Waals surface area contributed by atoms with Crippen molar-refractivity contribution in [3.63, 3.8) is 0 Å². The van der Waals surface area contributed by atoms with E-state index in [1.165, 1.54) is 11.1 Å². The largest absolute Gasteiger partial charge is 0.489 e. The molecular formula is C18H27ClO. The second-order valence-corrected chi connectivity index (χ2v) is 7.73. The van der Waals surface area contributed by atoms with Crippen LogP contribution in [0.2, 0.25) is 0 Å². The molecule has 1 aromatic carbocycles. The predicted molar refractivity (Wildman–Crippen MR) is 87.1 cm³/mol. The van der Waals surface area contributed by atoms with Crippen LogP contribution < -0.4 is 4.74 Å². The normalized spacial score (nSPS) is 24.9. The maximum atomic E-state index is 6.44. The SMILES string of the molecule is CC(C)c1cccc(C(C)C)c1OC1CC(Cl)C1(C)C. The molecule has 0 radical (unpaired) electrons. The average Bonchev–Trinajstić information content (AvgIpc) is 2.37. The fraction of sp³-hybridized carbons (Fsp3) is 0.667. The van der Waals surface area contributed by atoms with Crippen LogP contribution in [0, 0.1) is 5.41 Å². The third-order valence-electron chi connectivity index (χ3n) is 4.64. The molecule has 0 amide bonds. The highest BCUT2D eigenvalue weighted by Crippen LogP contribution is 2.48. The summed E-state index contributed by atoms with van der Waals surface area (Å²) in [6.07, 6.45) is 1.17. The Morgan fingerprint density at radius 3 is 1.95 bits per heavy atom. The van der Waals surface area contributed by atoms with Crippen molar-refractivity contribution >= 4 is 11.6 Å². The van der Waals surface area contributed by atoms with Gasteiger partial charge >= 0.3 is 0 Å². The Morgan fingerprint density at radius 1 is 1.10 bits per heavy atom. The Kier molecular flexibility index (Phi) is 4.39. The number of rotatable bonds is 4. The van der Waals surface area contributed by atoms with Gasteiger partial charge < -0.3 is 4.74 Å². The van der Waals surface area contributed by atoms with Gasteiger partial charge in [0.25, 0.3) is 0 Å². The van der Waals surface area contributed by atoms with E-state index in [1.54, 1.807) is 0 Å². The monoisotopic (exact) mass is 294 g/mol. The molecule has 0 bridgehead atoms. The second-order valence-electron chi connectivity index (χ2n) is 7.21. The second kappa shape index (κ2) is 5.60.